The van der Waals surface area contributed by atoms with Crippen LogP contribution in [0.3, 0.4) is 0 Å². The van der Waals surface area contributed by atoms with Crippen LogP contribution in [0.4, 0.5) is 11.4 Å². The first-order chi connectivity index (χ1) is 14.0. The van der Waals surface area contributed by atoms with Crippen LogP contribution in [0.1, 0.15) is 21.5 Å². The van der Waals surface area contributed by atoms with E-state index in [-0.39, 0.29) is 16.9 Å². The zero-order valence-electron chi connectivity index (χ0n) is 15.9. The number of carbonyl (C=O) groups is 2. The van der Waals surface area contributed by atoms with E-state index in [1.54, 1.807) is 36.4 Å². The summed E-state index contributed by atoms with van der Waals surface area (Å²) in [5.41, 5.74) is 3.69. The van der Waals surface area contributed by atoms with Gasteiger partial charge in [-0.25, -0.2) is 0 Å². The Kier molecular flexibility index (Phi) is 6.71. The molecular formula is C23H21N3O2S. The molecule has 0 heterocycles. The largest absolute Gasteiger partial charge is 0.332 e. The smallest absolute Gasteiger partial charge is 0.257 e. The molecule has 0 atom stereocenters. The number of anilines is 2. The molecule has 146 valence electrons. The van der Waals surface area contributed by atoms with Gasteiger partial charge in [0.1, 0.15) is 0 Å². The van der Waals surface area contributed by atoms with Crippen LogP contribution in [0.2, 0.25) is 0 Å². The SMILES string of the molecule is Cc1ccccc1C(=O)NC(=S)Nc1cccc(NC(=O)Cc2ccccc2)c1. The number of carbonyl (C=O) groups excluding carboxylic acids is 2. The molecule has 3 N–H and O–H groups in total. The number of nitrogens with one attached hydrogen (secondary N) is 3. The third-order valence-corrected chi connectivity index (χ3v) is 4.43. The molecule has 0 saturated heterocycles. The molecule has 0 unspecified atom stereocenters. The Morgan fingerprint density at radius 2 is 1.48 bits per heavy atom. The van der Waals surface area contributed by atoms with Crippen molar-refractivity contribution < 1.29 is 9.59 Å². The van der Waals surface area contributed by atoms with E-state index in [1.807, 2.05) is 49.4 Å². The first kappa shape index (κ1) is 20.2. The van der Waals surface area contributed by atoms with Gasteiger partial charge in [-0.1, -0.05) is 54.6 Å². The van der Waals surface area contributed by atoms with Gasteiger partial charge in [-0.05, 0) is 54.5 Å². The minimum atomic E-state index is -0.270. The van der Waals surface area contributed by atoms with Gasteiger partial charge in [0.2, 0.25) is 5.91 Å². The van der Waals surface area contributed by atoms with Gasteiger partial charge in [0.05, 0.1) is 6.42 Å². The fourth-order valence-corrected chi connectivity index (χ4v) is 3.03. The van der Waals surface area contributed by atoms with Crippen LogP contribution in [0.15, 0.2) is 78.9 Å². The molecule has 3 aromatic carbocycles. The second-order valence-electron chi connectivity index (χ2n) is 6.51. The molecule has 0 saturated carbocycles. The van der Waals surface area contributed by atoms with Crippen LogP contribution < -0.4 is 16.0 Å². The van der Waals surface area contributed by atoms with E-state index in [1.165, 1.54) is 0 Å². The van der Waals surface area contributed by atoms with Gasteiger partial charge in [-0.2, -0.15) is 0 Å². The summed E-state index contributed by atoms with van der Waals surface area (Å²) in [6, 6.07) is 24.0. The van der Waals surface area contributed by atoms with Crippen molar-refractivity contribution >= 4 is 40.5 Å². The summed E-state index contributed by atoms with van der Waals surface area (Å²) in [4.78, 5) is 24.6. The normalized spacial score (nSPS) is 10.1. The van der Waals surface area contributed by atoms with Gasteiger partial charge in [-0.3, -0.25) is 14.9 Å². The van der Waals surface area contributed by atoms with E-state index in [0.29, 0.717) is 23.4 Å². The van der Waals surface area contributed by atoms with Gasteiger partial charge in [0.15, 0.2) is 5.11 Å². The maximum Gasteiger partial charge on any atom is 0.257 e. The minimum Gasteiger partial charge on any atom is -0.332 e. The highest BCUT2D eigenvalue weighted by Crippen LogP contribution is 2.16. The lowest BCUT2D eigenvalue weighted by molar-refractivity contribution is -0.115. The number of hydrogen-bond acceptors (Lipinski definition) is 3. The van der Waals surface area contributed by atoms with Crippen LogP contribution in [0.25, 0.3) is 0 Å². The summed E-state index contributed by atoms with van der Waals surface area (Å²) in [5.74, 6) is -0.378. The number of aryl methyl sites for hydroxylation is 1. The van der Waals surface area contributed by atoms with Crippen molar-refractivity contribution in [1.82, 2.24) is 5.32 Å². The van der Waals surface area contributed by atoms with Crippen LogP contribution >= 0.6 is 12.2 Å². The van der Waals surface area contributed by atoms with Crippen molar-refractivity contribution in [3.63, 3.8) is 0 Å². The van der Waals surface area contributed by atoms with E-state index in [9.17, 15) is 9.59 Å². The Bertz CT molecular complexity index is 1040. The summed E-state index contributed by atoms with van der Waals surface area (Å²) >= 11 is 5.24. The van der Waals surface area contributed by atoms with Crippen molar-refractivity contribution in [2.75, 3.05) is 10.6 Å². The Morgan fingerprint density at radius 1 is 0.828 bits per heavy atom. The molecule has 3 rings (SSSR count). The molecule has 5 nitrogen and oxygen atoms in total. The summed E-state index contributed by atoms with van der Waals surface area (Å²) in [6.45, 7) is 1.87. The summed E-state index contributed by atoms with van der Waals surface area (Å²) in [5, 5.41) is 8.70. The molecule has 0 aliphatic heterocycles. The van der Waals surface area contributed by atoms with Crippen LogP contribution in [0, 0.1) is 6.92 Å². The van der Waals surface area contributed by atoms with Gasteiger partial charge >= 0.3 is 0 Å². The highest BCUT2D eigenvalue weighted by molar-refractivity contribution is 7.80. The molecule has 0 spiro atoms. The van der Waals surface area contributed by atoms with E-state index in [2.05, 4.69) is 16.0 Å². The van der Waals surface area contributed by atoms with Gasteiger partial charge in [-0.15, -0.1) is 0 Å². The number of hydrogen-bond donors (Lipinski definition) is 3. The molecule has 6 heteroatoms. The molecular weight excluding hydrogens is 382 g/mol. The van der Waals surface area contributed by atoms with E-state index in [0.717, 1.165) is 11.1 Å². The quantitative estimate of drug-likeness (QED) is 0.556. The Hall–Kier alpha value is -3.51. The molecule has 3 aromatic rings. The first-order valence-corrected chi connectivity index (χ1v) is 9.54. The molecule has 0 fully saturated rings. The lowest BCUT2D eigenvalue weighted by Gasteiger charge is -2.12. The molecule has 0 radical (unpaired) electrons. The number of rotatable bonds is 5. The van der Waals surface area contributed by atoms with Crippen molar-refractivity contribution in [2.24, 2.45) is 0 Å². The predicted octanol–water partition coefficient (Wildman–Crippen LogP) is 4.30. The zero-order chi connectivity index (χ0) is 20.6. The maximum absolute atomic E-state index is 12.4. The van der Waals surface area contributed by atoms with Crippen molar-refractivity contribution in [3.05, 3.63) is 95.6 Å². The monoisotopic (exact) mass is 403 g/mol. The lowest BCUT2D eigenvalue weighted by Crippen LogP contribution is -2.34. The summed E-state index contributed by atoms with van der Waals surface area (Å²) in [6.07, 6.45) is 0.295. The fraction of sp³-hybridized carbons (Fsp3) is 0.0870. The number of amides is 2. The average Bonchev–Trinajstić information content (AvgIpc) is 2.69. The Labute approximate surface area is 175 Å². The molecule has 0 aromatic heterocycles. The molecule has 0 bridgehead atoms. The van der Waals surface area contributed by atoms with Gasteiger partial charge in [0, 0.05) is 16.9 Å². The highest BCUT2D eigenvalue weighted by Gasteiger charge is 2.10. The Morgan fingerprint density at radius 3 is 2.21 bits per heavy atom. The Balaban J connectivity index is 1.58. The fourth-order valence-electron chi connectivity index (χ4n) is 2.82. The molecule has 0 aliphatic rings. The topological polar surface area (TPSA) is 70.2 Å². The predicted molar refractivity (Wildman–Crippen MR) is 120 cm³/mol. The summed E-state index contributed by atoms with van der Waals surface area (Å²) < 4.78 is 0. The average molecular weight is 404 g/mol. The molecule has 2 amide bonds. The third kappa shape index (κ3) is 5.99. The molecule has 29 heavy (non-hydrogen) atoms. The zero-order valence-corrected chi connectivity index (χ0v) is 16.8. The van der Waals surface area contributed by atoms with Crippen molar-refractivity contribution in [1.29, 1.82) is 0 Å². The summed E-state index contributed by atoms with van der Waals surface area (Å²) in [7, 11) is 0. The first-order valence-electron chi connectivity index (χ1n) is 9.13. The second-order valence-corrected chi connectivity index (χ2v) is 6.92. The lowest BCUT2D eigenvalue weighted by atomic mass is 10.1. The highest BCUT2D eigenvalue weighted by atomic mass is 32.1. The van der Waals surface area contributed by atoms with E-state index >= 15 is 0 Å². The van der Waals surface area contributed by atoms with Gasteiger partial charge in [0.25, 0.3) is 5.91 Å². The standard InChI is InChI=1S/C23H21N3O2S/c1-16-8-5-6-13-20(16)22(28)26-23(29)25-19-12-7-11-18(15-19)24-21(27)14-17-9-3-2-4-10-17/h2-13,15H,14H2,1H3,(H,24,27)(H2,25,26,28,29). The van der Waals surface area contributed by atoms with Crippen molar-refractivity contribution in [3.8, 4) is 0 Å². The van der Waals surface area contributed by atoms with Crippen LogP contribution in [-0.4, -0.2) is 16.9 Å². The van der Waals surface area contributed by atoms with Crippen molar-refractivity contribution in [2.45, 2.75) is 13.3 Å². The van der Waals surface area contributed by atoms with E-state index < -0.39 is 0 Å². The van der Waals surface area contributed by atoms with E-state index in [4.69, 9.17) is 12.2 Å². The number of benzene rings is 3. The maximum atomic E-state index is 12.4. The van der Waals surface area contributed by atoms with Crippen LogP contribution in [0.5, 0.6) is 0 Å². The third-order valence-electron chi connectivity index (χ3n) is 4.23. The van der Waals surface area contributed by atoms with Gasteiger partial charge < -0.3 is 10.6 Å². The molecule has 0 aliphatic carbocycles. The second kappa shape index (κ2) is 9.61. The van der Waals surface area contributed by atoms with Crippen LogP contribution in [-0.2, 0) is 11.2 Å². The minimum absolute atomic E-state index is 0.108. The number of thiocarbonyl (C=S) groups is 1.